The second-order valence-electron chi connectivity index (χ2n) is 6.26. The second-order valence-corrected chi connectivity index (χ2v) is 8.84. The summed E-state index contributed by atoms with van der Waals surface area (Å²) in [7, 11) is 2.09. The molecule has 8 heteroatoms. The Bertz CT molecular complexity index is 1030. The van der Waals surface area contributed by atoms with E-state index in [1.807, 2.05) is 12.1 Å². The zero-order chi connectivity index (χ0) is 18.3. The number of thioether (sulfide) groups is 1. The molecule has 1 aromatic carbocycles. The summed E-state index contributed by atoms with van der Waals surface area (Å²) >= 11 is 9.13. The molecule has 1 N–H and O–H groups in total. The van der Waals surface area contributed by atoms with Gasteiger partial charge in [-0.3, -0.25) is 9.36 Å². The lowest BCUT2D eigenvalue weighted by atomic mass is 10.1. The lowest BCUT2D eigenvalue weighted by molar-refractivity contribution is 0.318. The number of hydrogen-bond donors (Lipinski definition) is 1. The van der Waals surface area contributed by atoms with Crippen LogP contribution < -0.4 is 5.56 Å². The fourth-order valence-electron chi connectivity index (χ4n) is 3.23. The van der Waals surface area contributed by atoms with Gasteiger partial charge in [0.15, 0.2) is 5.16 Å². The molecule has 136 valence electrons. The van der Waals surface area contributed by atoms with Crippen LogP contribution in [-0.4, -0.2) is 45.5 Å². The topological polar surface area (TPSA) is 58.4 Å². The molecule has 5 nitrogen and oxygen atoms in total. The van der Waals surface area contributed by atoms with Crippen molar-refractivity contribution in [1.82, 2.24) is 14.5 Å². The van der Waals surface area contributed by atoms with Crippen molar-refractivity contribution in [2.24, 2.45) is 0 Å². The fourth-order valence-corrected chi connectivity index (χ4v) is 5.51. The van der Waals surface area contributed by atoms with E-state index in [0.29, 0.717) is 21.6 Å². The maximum absolute atomic E-state index is 13.4. The van der Waals surface area contributed by atoms with E-state index in [1.165, 1.54) is 16.6 Å². The molecular weight excluding hydrogens is 390 g/mol. The van der Waals surface area contributed by atoms with E-state index in [-0.39, 0.29) is 12.2 Å². The number of benzene rings is 1. The summed E-state index contributed by atoms with van der Waals surface area (Å²) in [4.78, 5) is 22.5. The van der Waals surface area contributed by atoms with Crippen LogP contribution in [0.2, 0.25) is 5.02 Å². The molecular formula is C18H18ClN3O2S2. The molecule has 0 atom stereocenters. The van der Waals surface area contributed by atoms with Gasteiger partial charge in [0.2, 0.25) is 0 Å². The van der Waals surface area contributed by atoms with Crippen LogP contribution in [-0.2, 0) is 13.0 Å². The van der Waals surface area contributed by atoms with Gasteiger partial charge < -0.3 is 10.0 Å². The molecule has 0 fully saturated rings. The van der Waals surface area contributed by atoms with Crippen molar-refractivity contribution in [2.45, 2.75) is 18.1 Å². The monoisotopic (exact) mass is 407 g/mol. The molecule has 1 aliphatic rings. The first kappa shape index (κ1) is 18.0. The number of halogens is 1. The van der Waals surface area contributed by atoms with Crippen LogP contribution in [0.25, 0.3) is 15.9 Å². The molecule has 3 heterocycles. The summed E-state index contributed by atoms with van der Waals surface area (Å²) in [6, 6.07) is 7.24. The molecule has 0 saturated heterocycles. The van der Waals surface area contributed by atoms with Gasteiger partial charge in [0.25, 0.3) is 5.56 Å². The van der Waals surface area contributed by atoms with Gasteiger partial charge in [-0.15, -0.1) is 11.3 Å². The summed E-state index contributed by atoms with van der Waals surface area (Å²) in [5.41, 5.74) is 1.78. The Morgan fingerprint density at radius 2 is 2.27 bits per heavy atom. The van der Waals surface area contributed by atoms with Crippen LogP contribution >= 0.6 is 34.7 Å². The Balaban J connectivity index is 1.98. The van der Waals surface area contributed by atoms with Gasteiger partial charge in [-0.25, -0.2) is 4.98 Å². The standard InChI is InChI=1S/C18H18ClN3O2S2/c1-21-6-5-13-14(10-21)26-16-15(13)17(24)22(18(20-16)25-8-7-23)12-4-2-3-11(19)9-12/h2-4,9,23H,5-8,10H2,1H3. The highest BCUT2D eigenvalue weighted by Gasteiger charge is 2.24. The number of aliphatic hydroxyl groups is 1. The predicted octanol–water partition coefficient (Wildman–Crippen LogP) is 3.17. The van der Waals surface area contributed by atoms with Crippen molar-refractivity contribution in [2.75, 3.05) is 26.0 Å². The summed E-state index contributed by atoms with van der Waals surface area (Å²) in [5.74, 6) is 0.479. The maximum atomic E-state index is 13.4. The predicted molar refractivity (Wildman–Crippen MR) is 108 cm³/mol. The third-order valence-corrected chi connectivity index (χ3v) is 6.69. The van der Waals surface area contributed by atoms with E-state index in [9.17, 15) is 9.90 Å². The quantitative estimate of drug-likeness (QED) is 0.531. The van der Waals surface area contributed by atoms with Crippen LogP contribution in [0.4, 0.5) is 0 Å². The number of nitrogens with zero attached hydrogens (tertiary/aromatic N) is 3. The molecule has 0 radical (unpaired) electrons. The number of aromatic nitrogens is 2. The molecule has 26 heavy (non-hydrogen) atoms. The maximum Gasteiger partial charge on any atom is 0.267 e. The van der Waals surface area contributed by atoms with Crippen LogP contribution in [0.1, 0.15) is 10.4 Å². The third kappa shape index (κ3) is 3.18. The summed E-state index contributed by atoms with van der Waals surface area (Å²) < 4.78 is 1.62. The largest absolute Gasteiger partial charge is 0.396 e. The van der Waals surface area contributed by atoms with Crippen LogP contribution in [0, 0.1) is 0 Å². The van der Waals surface area contributed by atoms with Crippen molar-refractivity contribution in [3.05, 3.63) is 50.1 Å². The van der Waals surface area contributed by atoms with Crippen molar-refractivity contribution >= 4 is 44.9 Å². The fraction of sp³-hybridized carbons (Fsp3) is 0.333. The van der Waals surface area contributed by atoms with Gasteiger partial charge in [-0.2, -0.15) is 0 Å². The van der Waals surface area contributed by atoms with Gasteiger partial charge in [0.05, 0.1) is 17.7 Å². The Hall–Kier alpha value is -1.38. The number of rotatable bonds is 4. The lowest BCUT2D eigenvalue weighted by Gasteiger charge is -2.21. The highest BCUT2D eigenvalue weighted by Crippen LogP contribution is 2.34. The molecule has 0 saturated carbocycles. The molecule has 1 aliphatic heterocycles. The van der Waals surface area contributed by atoms with Gasteiger partial charge in [-0.05, 0) is 37.2 Å². The second kappa shape index (κ2) is 7.32. The minimum Gasteiger partial charge on any atom is -0.396 e. The van der Waals surface area contributed by atoms with Crippen molar-refractivity contribution in [1.29, 1.82) is 0 Å². The van der Waals surface area contributed by atoms with Crippen molar-refractivity contribution < 1.29 is 5.11 Å². The normalized spacial score (nSPS) is 14.7. The van der Waals surface area contributed by atoms with Crippen molar-refractivity contribution in [3.8, 4) is 5.69 Å². The number of thiophene rings is 1. The smallest absolute Gasteiger partial charge is 0.267 e. The number of fused-ring (bicyclic) bond motifs is 3. The number of aliphatic hydroxyl groups excluding tert-OH is 1. The van der Waals surface area contributed by atoms with E-state index in [4.69, 9.17) is 16.6 Å². The molecule has 0 amide bonds. The zero-order valence-corrected chi connectivity index (χ0v) is 16.6. The molecule has 0 spiro atoms. The average Bonchev–Trinajstić information content (AvgIpc) is 2.97. The summed E-state index contributed by atoms with van der Waals surface area (Å²) in [5, 5.41) is 11.1. The Kier molecular flexibility index (Phi) is 5.07. The van der Waals surface area contributed by atoms with Gasteiger partial charge >= 0.3 is 0 Å². The van der Waals surface area contributed by atoms with Gasteiger partial charge in [-0.1, -0.05) is 29.4 Å². The molecule has 4 rings (SSSR count). The minimum atomic E-state index is -0.0558. The van der Waals surface area contributed by atoms with Gasteiger partial charge in [0, 0.05) is 28.7 Å². The first-order valence-corrected chi connectivity index (χ1v) is 10.5. The SMILES string of the molecule is CN1CCc2c(sc3nc(SCCO)n(-c4cccc(Cl)c4)c(=O)c23)C1. The van der Waals surface area contributed by atoms with Crippen LogP contribution in [0.15, 0.2) is 34.2 Å². The van der Waals surface area contributed by atoms with E-state index < -0.39 is 0 Å². The minimum absolute atomic E-state index is 0.0276. The molecule has 0 unspecified atom stereocenters. The number of likely N-dealkylation sites (N-methyl/N-ethyl adjacent to an activating group) is 1. The van der Waals surface area contributed by atoms with E-state index in [1.54, 1.807) is 28.0 Å². The Morgan fingerprint density at radius 3 is 3.04 bits per heavy atom. The third-order valence-electron chi connectivity index (χ3n) is 4.42. The van der Waals surface area contributed by atoms with Crippen molar-refractivity contribution in [3.63, 3.8) is 0 Å². The van der Waals surface area contributed by atoms with Gasteiger partial charge in [0.1, 0.15) is 4.83 Å². The molecule has 2 aromatic heterocycles. The van der Waals surface area contributed by atoms with E-state index in [0.717, 1.165) is 35.3 Å². The summed E-state index contributed by atoms with van der Waals surface area (Å²) in [6.07, 6.45) is 0.863. The summed E-state index contributed by atoms with van der Waals surface area (Å²) in [6.45, 7) is 1.82. The van der Waals surface area contributed by atoms with E-state index in [2.05, 4.69) is 11.9 Å². The average molecular weight is 408 g/mol. The number of hydrogen-bond acceptors (Lipinski definition) is 6. The lowest BCUT2D eigenvalue weighted by Crippen LogP contribution is -2.27. The molecule has 3 aromatic rings. The molecule has 0 aliphatic carbocycles. The van der Waals surface area contributed by atoms with Crippen LogP contribution in [0.5, 0.6) is 0 Å². The highest BCUT2D eigenvalue weighted by molar-refractivity contribution is 7.99. The zero-order valence-electron chi connectivity index (χ0n) is 14.2. The van der Waals surface area contributed by atoms with E-state index >= 15 is 0 Å². The first-order chi connectivity index (χ1) is 12.6. The Morgan fingerprint density at radius 1 is 1.42 bits per heavy atom. The first-order valence-electron chi connectivity index (χ1n) is 8.34. The highest BCUT2D eigenvalue weighted by atomic mass is 35.5. The Labute approximate surface area is 164 Å². The van der Waals surface area contributed by atoms with Crippen LogP contribution in [0.3, 0.4) is 0 Å². The molecule has 0 bridgehead atoms.